The molecule has 0 saturated carbocycles. The Morgan fingerprint density at radius 3 is 2.46 bits per heavy atom. The molecule has 28 heavy (non-hydrogen) atoms. The van der Waals surface area contributed by atoms with E-state index in [1.807, 2.05) is 30.5 Å². The van der Waals surface area contributed by atoms with Gasteiger partial charge in [-0.05, 0) is 66.8 Å². The van der Waals surface area contributed by atoms with Crippen molar-refractivity contribution in [3.63, 3.8) is 0 Å². The van der Waals surface area contributed by atoms with Crippen LogP contribution in [-0.4, -0.2) is 22.9 Å². The molecule has 0 aliphatic carbocycles. The number of thioether (sulfide) groups is 1. The van der Waals surface area contributed by atoms with E-state index in [9.17, 15) is 9.00 Å². The molecule has 146 valence electrons. The van der Waals surface area contributed by atoms with Crippen LogP contribution in [0.2, 0.25) is 0 Å². The van der Waals surface area contributed by atoms with Gasteiger partial charge in [0.05, 0.1) is 16.6 Å². The molecule has 1 atom stereocenters. The molecule has 0 spiro atoms. The fraction of sp³-hybridized carbons (Fsp3) is 0.190. The second-order valence-corrected chi connectivity index (χ2v) is 9.31. The molecule has 0 unspecified atom stereocenters. The minimum absolute atomic E-state index is 0.233. The van der Waals surface area contributed by atoms with Crippen LogP contribution in [0.5, 0.6) is 0 Å². The van der Waals surface area contributed by atoms with Crippen molar-refractivity contribution in [3.05, 3.63) is 82.2 Å². The van der Waals surface area contributed by atoms with Crippen LogP contribution in [0.3, 0.4) is 0 Å². The van der Waals surface area contributed by atoms with Gasteiger partial charge in [-0.2, -0.15) is 0 Å². The quantitative estimate of drug-likeness (QED) is 0.461. The van der Waals surface area contributed by atoms with Gasteiger partial charge >= 0.3 is 0 Å². The lowest BCUT2D eigenvalue weighted by molar-refractivity contribution is 0.0925. The minimum atomic E-state index is -1.22. The van der Waals surface area contributed by atoms with E-state index in [4.69, 9.17) is 4.42 Å². The maximum absolute atomic E-state index is 12.4. The van der Waals surface area contributed by atoms with Crippen LogP contribution in [-0.2, 0) is 23.0 Å². The van der Waals surface area contributed by atoms with Crippen molar-refractivity contribution in [1.29, 1.82) is 0 Å². The Morgan fingerprint density at radius 2 is 1.79 bits per heavy atom. The molecule has 0 bridgehead atoms. The first-order valence-electron chi connectivity index (χ1n) is 8.69. The minimum Gasteiger partial charge on any atom is -0.455 e. The van der Waals surface area contributed by atoms with E-state index in [0.29, 0.717) is 12.3 Å². The molecule has 1 aromatic heterocycles. The number of halogens is 1. The number of carbonyl (C=O) groups excluding carboxylic acids is 1. The molecule has 3 rings (SSSR count). The Labute approximate surface area is 179 Å². The van der Waals surface area contributed by atoms with E-state index in [1.54, 1.807) is 23.9 Å². The van der Waals surface area contributed by atoms with Crippen LogP contribution in [0.1, 0.15) is 21.9 Å². The smallest absolute Gasteiger partial charge is 0.287 e. The first kappa shape index (κ1) is 20.9. The number of amides is 1. The SMILES string of the molecule is CSc1ccc(CCNC(=O)c2ccc(C[S@](=O)c3ccc(Br)cc3)o2)cc1. The highest BCUT2D eigenvalue weighted by atomic mass is 79.9. The van der Waals surface area contributed by atoms with Gasteiger partial charge in [-0.3, -0.25) is 9.00 Å². The van der Waals surface area contributed by atoms with E-state index >= 15 is 0 Å². The number of benzene rings is 2. The van der Waals surface area contributed by atoms with E-state index in [2.05, 4.69) is 45.5 Å². The van der Waals surface area contributed by atoms with Gasteiger partial charge < -0.3 is 9.73 Å². The Hall–Kier alpha value is -1.83. The molecule has 2 aromatic carbocycles. The molecule has 0 aliphatic heterocycles. The lowest BCUT2D eigenvalue weighted by atomic mass is 10.1. The molecular formula is C21H20BrNO3S2. The van der Waals surface area contributed by atoms with E-state index in [-0.39, 0.29) is 17.4 Å². The number of nitrogens with one attached hydrogen (secondary N) is 1. The van der Waals surface area contributed by atoms with E-state index in [1.165, 1.54) is 10.5 Å². The van der Waals surface area contributed by atoms with Gasteiger partial charge in [-0.1, -0.05) is 28.1 Å². The van der Waals surface area contributed by atoms with Crippen LogP contribution in [0.15, 0.2) is 79.3 Å². The van der Waals surface area contributed by atoms with Crippen molar-refractivity contribution >= 4 is 44.4 Å². The maximum Gasteiger partial charge on any atom is 0.287 e. The monoisotopic (exact) mass is 477 g/mol. The zero-order chi connectivity index (χ0) is 19.9. The fourth-order valence-corrected chi connectivity index (χ4v) is 4.27. The average molecular weight is 478 g/mol. The number of hydrogen-bond acceptors (Lipinski definition) is 4. The third-order valence-electron chi connectivity index (χ3n) is 4.09. The zero-order valence-corrected chi connectivity index (χ0v) is 18.5. The molecule has 0 radical (unpaired) electrons. The maximum atomic E-state index is 12.4. The third kappa shape index (κ3) is 5.83. The molecule has 1 amide bonds. The predicted octanol–water partition coefficient (Wildman–Crippen LogP) is 5.04. The van der Waals surface area contributed by atoms with Crippen LogP contribution < -0.4 is 5.32 Å². The molecule has 0 aliphatic rings. The summed E-state index contributed by atoms with van der Waals surface area (Å²) < 4.78 is 18.9. The first-order valence-corrected chi connectivity index (χ1v) is 12.0. The van der Waals surface area contributed by atoms with Crippen LogP contribution >= 0.6 is 27.7 Å². The highest BCUT2D eigenvalue weighted by molar-refractivity contribution is 9.10. The van der Waals surface area contributed by atoms with Crippen molar-refractivity contribution in [2.24, 2.45) is 0 Å². The molecule has 0 saturated heterocycles. The van der Waals surface area contributed by atoms with Gasteiger partial charge in [0.25, 0.3) is 5.91 Å². The first-order chi connectivity index (χ1) is 13.5. The summed E-state index contributed by atoms with van der Waals surface area (Å²) >= 11 is 5.06. The normalized spacial score (nSPS) is 11.9. The standard InChI is InChI=1S/C21H20BrNO3S2/c1-27-18-7-2-15(3-8-18)12-13-23-21(24)20-11-6-17(26-20)14-28(25)19-9-4-16(22)5-10-19/h2-11H,12-14H2,1H3,(H,23,24)/t28-/m0/s1. The number of furan rings is 1. The van der Waals surface area contributed by atoms with Crippen LogP contribution in [0.25, 0.3) is 0 Å². The lowest BCUT2D eigenvalue weighted by Crippen LogP contribution is -2.25. The summed E-state index contributed by atoms with van der Waals surface area (Å²) in [5.41, 5.74) is 1.17. The fourth-order valence-electron chi connectivity index (χ4n) is 2.58. The summed E-state index contributed by atoms with van der Waals surface area (Å²) in [6.45, 7) is 0.526. The second-order valence-electron chi connectivity index (χ2n) is 6.06. The van der Waals surface area contributed by atoms with Crippen molar-refractivity contribution in [2.75, 3.05) is 12.8 Å². The largest absolute Gasteiger partial charge is 0.455 e. The zero-order valence-electron chi connectivity index (χ0n) is 15.3. The predicted molar refractivity (Wildman–Crippen MR) is 117 cm³/mol. The van der Waals surface area contributed by atoms with Crippen molar-refractivity contribution in [1.82, 2.24) is 5.32 Å². The molecule has 0 fully saturated rings. The van der Waals surface area contributed by atoms with Gasteiger partial charge in [-0.25, -0.2) is 0 Å². The summed E-state index contributed by atoms with van der Waals surface area (Å²) in [5.74, 6) is 0.734. The van der Waals surface area contributed by atoms with Gasteiger partial charge in [0.2, 0.25) is 0 Å². The van der Waals surface area contributed by atoms with Crippen molar-refractivity contribution in [2.45, 2.75) is 22.0 Å². The van der Waals surface area contributed by atoms with Crippen LogP contribution in [0, 0.1) is 0 Å². The lowest BCUT2D eigenvalue weighted by Gasteiger charge is -2.05. The number of carbonyl (C=O) groups is 1. The van der Waals surface area contributed by atoms with Gasteiger partial charge in [0.15, 0.2) is 5.76 Å². The summed E-state index contributed by atoms with van der Waals surface area (Å²) in [4.78, 5) is 14.2. The Morgan fingerprint density at radius 1 is 1.07 bits per heavy atom. The third-order valence-corrected chi connectivity index (χ3v) is 6.71. The number of rotatable bonds is 8. The van der Waals surface area contributed by atoms with Crippen LogP contribution in [0.4, 0.5) is 0 Å². The van der Waals surface area contributed by atoms with Crippen molar-refractivity contribution < 1.29 is 13.4 Å². The molecule has 3 aromatic rings. The second kappa shape index (κ2) is 10.1. The summed E-state index contributed by atoms with van der Waals surface area (Å²) in [7, 11) is -1.22. The molecular weight excluding hydrogens is 458 g/mol. The number of hydrogen-bond donors (Lipinski definition) is 1. The molecule has 1 N–H and O–H groups in total. The highest BCUT2D eigenvalue weighted by Crippen LogP contribution is 2.18. The average Bonchev–Trinajstić information content (AvgIpc) is 3.17. The molecule has 4 nitrogen and oxygen atoms in total. The molecule has 7 heteroatoms. The Balaban J connectivity index is 1.50. The Bertz CT molecular complexity index is 953. The topological polar surface area (TPSA) is 59.3 Å². The summed E-state index contributed by atoms with van der Waals surface area (Å²) in [5, 5.41) is 2.86. The Kier molecular flexibility index (Phi) is 7.53. The van der Waals surface area contributed by atoms with E-state index < -0.39 is 10.8 Å². The van der Waals surface area contributed by atoms with E-state index in [0.717, 1.165) is 15.8 Å². The highest BCUT2D eigenvalue weighted by Gasteiger charge is 2.13. The summed E-state index contributed by atoms with van der Waals surface area (Å²) in [6, 6.07) is 18.9. The molecule has 1 heterocycles. The van der Waals surface area contributed by atoms with Gasteiger partial charge in [-0.15, -0.1) is 11.8 Å². The summed E-state index contributed by atoms with van der Waals surface area (Å²) in [6.07, 6.45) is 2.79. The van der Waals surface area contributed by atoms with Gasteiger partial charge in [0.1, 0.15) is 5.76 Å². The van der Waals surface area contributed by atoms with Crippen molar-refractivity contribution in [3.8, 4) is 0 Å². The van der Waals surface area contributed by atoms with Gasteiger partial charge in [0, 0.05) is 20.8 Å².